The quantitative estimate of drug-likeness (QED) is 0.526. The highest BCUT2D eigenvalue weighted by Gasteiger charge is 2.13. The highest BCUT2D eigenvalue weighted by molar-refractivity contribution is 5.78. The van der Waals surface area contributed by atoms with Crippen LogP contribution in [0.25, 0.3) is 0 Å². The van der Waals surface area contributed by atoms with Gasteiger partial charge in [-0.05, 0) is 18.8 Å². The molecule has 0 aromatic carbocycles. The van der Waals surface area contributed by atoms with Gasteiger partial charge in [-0.25, -0.2) is 0 Å². The second-order valence-electron chi connectivity index (χ2n) is 4.63. The second kappa shape index (κ2) is 7.55. The van der Waals surface area contributed by atoms with E-state index in [4.69, 9.17) is 5.73 Å². The summed E-state index contributed by atoms with van der Waals surface area (Å²) in [6.45, 7) is 11.7. The summed E-state index contributed by atoms with van der Waals surface area (Å²) in [4.78, 5) is 4.30. The first-order valence-electron chi connectivity index (χ1n) is 6.07. The van der Waals surface area contributed by atoms with E-state index in [0.29, 0.717) is 23.8 Å². The number of nitrogens with zero attached hydrogens (tertiary/aromatic N) is 1. The Bertz CT molecular complexity index is 183. The van der Waals surface area contributed by atoms with Gasteiger partial charge >= 0.3 is 0 Å². The predicted molar refractivity (Wildman–Crippen MR) is 68.0 cm³/mol. The van der Waals surface area contributed by atoms with E-state index in [-0.39, 0.29) is 0 Å². The lowest BCUT2D eigenvalue weighted by Gasteiger charge is -2.23. The van der Waals surface area contributed by atoms with Crippen LogP contribution in [0.2, 0.25) is 0 Å². The van der Waals surface area contributed by atoms with Crippen molar-refractivity contribution in [2.24, 2.45) is 22.6 Å². The molecule has 0 amide bonds. The molecule has 0 aliphatic carbocycles. The van der Waals surface area contributed by atoms with Gasteiger partial charge in [-0.3, -0.25) is 4.99 Å². The molecular formula is C12H27N3. The Morgan fingerprint density at radius 2 is 1.73 bits per heavy atom. The molecule has 0 saturated carbocycles. The normalized spacial score (nSPS) is 14.7. The minimum Gasteiger partial charge on any atom is -0.370 e. The Balaban J connectivity index is 4.04. The van der Waals surface area contributed by atoms with Crippen molar-refractivity contribution in [2.75, 3.05) is 6.54 Å². The van der Waals surface area contributed by atoms with Crippen molar-refractivity contribution in [1.29, 1.82) is 0 Å². The predicted octanol–water partition coefficient (Wildman–Crippen LogP) is 2.37. The van der Waals surface area contributed by atoms with Gasteiger partial charge in [0, 0.05) is 12.6 Å². The third-order valence-electron chi connectivity index (χ3n) is 2.76. The van der Waals surface area contributed by atoms with Crippen LogP contribution in [0.3, 0.4) is 0 Å². The molecular weight excluding hydrogens is 186 g/mol. The molecule has 0 fully saturated rings. The van der Waals surface area contributed by atoms with Gasteiger partial charge in [-0.15, -0.1) is 0 Å². The summed E-state index contributed by atoms with van der Waals surface area (Å²) >= 11 is 0. The molecule has 0 rings (SSSR count). The Morgan fingerprint density at radius 1 is 1.20 bits per heavy atom. The molecule has 0 aliphatic rings. The average molecular weight is 213 g/mol. The highest BCUT2D eigenvalue weighted by atomic mass is 15.1. The lowest BCUT2D eigenvalue weighted by molar-refractivity contribution is 0.390. The van der Waals surface area contributed by atoms with Gasteiger partial charge in [0.15, 0.2) is 5.96 Å². The van der Waals surface area contributed by atoms with Crippen LogP contribution in [0.15, 0.2) is 4.99 Å². The topological polar surface area (TPSA) is 50.4 Å². The van der Waals surface area contributed by atoms with Gasteiger partial charge < -0.3 is 11.1 Å². The summed E-state index contributed by atoms with van der Waals surface area (Å²) in [7, 11) is 0. The summed E-state index contributed by atoms with van der Waals surface area (Å²) < 4.78 is 0. The smallest absolute Gasteiger partial charge is 0.188 e. The third-order valence-corrected chi connectivity index (χ3v) is 2.76. The summed E-state index contributed by atoms with van der Waals surface area (Å²) in [6.07, 6.45) is 2.37. The van der Waals surface area contributed by atoms with E-state index in [9.17, 15) is 0 Å². The largest absolute Gasteiger partial charge is 0.370 e. The fourth-order valence-corrected chi connectivity index (χ4v) is 1.67. The number of hydrogen-bond donors (Lipinski definition) is 2. The van der Waals surface area contributed by atoms with Crippen molar-refractivity contribution in [2.45, 2.75) is 53.5 Å². The molecule has 0 aromatic rings. The zero-order valence-electron chi connectivity index (χ0n) is 10.9. The molecule has 3 nitrogen and oxygen atoms in total. The molecule has 0 aromatic heterocycles. The maximum atomic E-state index is 5.81. The summed E-state index contributed by atoms with van der Waals surface area (Å²) in [5, 5.41) is 3.26. The molecule has 1 unspecified atom stereocenters. The molecule has 15 heavy (non-hydrogen) atoms. The summed E-state index contributed by atoms with van der Waals surface area (Å²) in [5.74, 6) is 1.83. The van der Waals surface area contributed by atoms with Crippen molar-refractivity contribution in [3.05, 3.63) is 0 Å². The molecule has 0 heterocycles. The van der Waals surface area contributed by atoms with E-state index in [0.717, 1.165) is 6.54 Å². The molecule has 0 radical (unpaired) electrons. The molecule has 90 valence electrons. The van der Waals surface area contributed by atoms with Crippen LogP contribution in [0.1, 0.15) is 47.5 Å². The van der Waals surface area contributed by atoms with Gasteiger partial charge in [0.05, 0.1) is 0 Å². The van der Waals surface area contributed by atoms with E-state index >= 15 is 0 Å². The number of aliphatic imine (C=N–C) groups is 1. The number of nitrogens with one attached hydrogen (secondary N) is 1. The van der Waals surface area contributed by atoms with Crippen LogP contribution < -0.4 is 11.1 Å². The summed E-state index contributed by atoms with van der Waals surface area (Å²) in [5.41, 5.74) is 5.81. The van der Waals surface area contributed by atoms with Gasteiger partial charge in [-0.2, -0.15) is 0 Å². The Kier molecular flexibility index (Phi) is 7.18. The third kappa shape index (κ3) is 6.37. The fourth-order valence-electron chi connectivity index (χ4n) is 1.67. The van der Waals surface area contributed by atoms with Crippen molar-refractivity contribution >= 4 is 5.96 Å². The first-order chi connectivity index (χ1) is 7.01. The van der Waals surface area contributed by atoms with Crippen LogP contribution in [0.5, 0.6) is 0 Å². The molecule has 0 spiro atoms. The zero-order chi connectivity index (χ0) is 11.8. The van der Waals surface area contributed by atoms with Crippen LogP contribution in [0.4, 0.5) is 0 Å². The maximum Gasteiger partial charge on any atom is 0.188 e. The minimum atomic E-state index is 0.413. The standard InChI is InChI=1S/C12H27N3/c1-6-11(7-2)10(5)15-12(13)14-8-9(3)4/h9-11H,6-8H2,1-5H3,(H3,13,14,15). The average Bonchev–Trinajstić information content (AvgIpc) is 2.16. The van der Waals surface area contributed by atoms with Gasteiger partial charge in [-0.1, -0.05) is 40.5 Å². The lowest BCUT2D eigenvalue weighted by Crippen LogP contribution is -2.42. The van der Waals surface area contributed by atoms with Crippen molar-refractivity contribution in [3.8, 4) is 0 Å². The highest BCUT2D eigenvalue weighted by Crippen LogP contribution is 2.12. The van der Waals surface area contributed by atoms with E-state index in [2.05, 4.69) is 44.9 Å². The van der Waals surface area contributed by atoms with E-state index in [1.54, 1.807) is 0 Å². The number of nitrogens with two attached hydrogens (primary N) is 1. The Morgan fingerprint density at radius 3 is 2.13 bits per heavy atom. The van der Waals surface area contributed by atoms with E-state index in [1.807, 2.05) is 0 Å². The van der Waals surface area contributed by atoms with Gasteiger partial charge in [0.25, 0.3) is 0 Å². The molecule has 3 heteroatoms. The van der Waals surface area contributed by atoms with Crippen molar-refractivity contribution in [1.82, 2.24) is 5.32 Å². The van der Waals surface area contributed by atoms with Crippen molar-refractivity contribution in [3.63, 3.8) is 0 Å². The minimum absolute atomic E-state index is 0.413. The van der Waals surface area contributed by atoms with Gasteiger partial charge in [0.1, 0.15) is 0 Å². The SMILES string of the molecule is CCC(CC)C(C)NC(N)=NCC(C)C. The van der Waals surface area contributed by atoms with Crippen LogP contribution in [0, 0.1) is 11.8 Å². The first-order valence-corrected chi connectivity index (χ1v) is 6.07. The Labute approximate surface area is 94.5 Å². The van der Waals surface area contributed by atoms with E-state index < -0.39 is 0 Å². The molecule has 0 saturated heterocycles. The first kappa shape index (κ1) is 14.3. The molecule has 1 atom stereocenters. The van der Waals surface area contributed by atoms with Crippen LogP contribution in [-0.2, 0) is 0 Å². The number of guanidine groups is 1. The second-order valence-corrected chi connectivity index (χ2v) is 4.63. The lowest BCUT2D eigenvalue weighted by atomic mass is 9.96. The molecule has 0 aliphatic heterocycles. The summed E-state index contributed by atoms with van der Waals surface area (Å²) in [6, 6.07) is 0.413. The fraction of sp³-hybridized carbons (Fsp3) is 0.917. The Hall–Kier alpha value is -0.730. The number of hydrogen-bond acceptors (Lipinski definition) is 1. The molecule has 0 bridgehead atoms. The van der Waals surface area contributed by atoms with Crippen LogP contribution >= 0.6 is 0 Å². The monoisotopic (exact) mass is 213 g/mol. The van der Waals surface area contributed by atoms with E-state index in [1.165, 1.54) is 12.8 Å². The van der Waals surface area contributed by atoms with Gasteiger partial charge in [0.2, 0.25) is 0 Å². The van der Waals surface area contributed by atoms with Crippen LogP contribution in [-0.4, -0.2) is 18.5 Å². The number of rotatable bonds is 6. The molecule has 3 N–H and O–H groups in total. The van der Waals surface area contributed by atoms with Crippen molar-refractivity contribution < 1.29 is 0 Å². The maximum absolute atomic E-state index is 5.81. The zero-order valence-corrected chi connectivity index (χ0v) is 10.9.